The number of primary amides is 1. The number of benzene rings is 3. The first-order valence-corrected chi connectivity index (χ1v) is 13.5. The summed E-state index contributed by atoms with van der Waals surface area (Å²) in [5, 5.41) is 3.21. The van der Waals surface area contributed by atoms with Gasteiger partial charge in [-0.15, -0.1) is 0 Å². The van der Waals surface area contributed by atoms with Crippen molar-refractivity contribution in [3.8, 4) is 5.75 Å². The number of hydrogen-bond donors (Lipinski definition) is 2. The molecule has 0 radical (unpaired) electrons. The lowest BCUT2D eigenvalue weighted by atomic mass is 9.89. The maximum atomic E-state index is 12.2. The zero-order chi connectivity index (χ0) is 24.6. The van der Waals surface area contributed by atoms with Crippen molar-refractivity contribution in [3.05, 3.63) is 77.5 Å². The Morgan fingerprint density at radius 3 is 2.54 bits per heavy atom. The van der Waals surface area contributed by atoms with E-state index < -0.39 is 15.9 Å². The van der Waals surface area contributed by atoms with E-state index in [0.717, 1.165) is 34.7 Å². The highest BCUT2D eigenvalue weighted by Crippen LogP contribution is 2.37. The summed E-state index contributed by atoms with van der Waals surface area (Å²) >= 11 is 0. The van der Waals surface area contributed by atoms with Crippen LogP contribution in [0.15, 0.2) is 60.8 Å². The number of piperidine rings is 1. The van der Waals surface area contributed by atoms with Crippen LogP contribution in [-0.2, 0) is 16.6 Å². The second kappa shape index (κ2) is 9.36. The molecule has 1 aromatic heterocycles. The number of nitrogens with two attached hydrogens (primary N) is 1. The number of fused-ring (bicyclic) bond motifs is 2. The number of nitrogens with one attached hydrogen (secondary N) is 1. The van der Waals surface area contributed by atoms with Crippen LogP contribution in [-0.4, -0.2) is 42.5 Å². The van der Waals surface area contributed by atoms with E-state index in [1.165, 1.54) is 5.39 Å². The van der Waals surface area contributed by atoms with E-state index in [1.807, 2.05) is 30.5 Å². The lowest BCUT2D eigenvalue weighted by molar-refractivity contribution is 0.100. The highest BCUT2D eigenvalue weighted by molar-refractivity contribution is 7.89. The van der Waals surface area contributed by atoms with Crippen LogP contribution >= 0.6 is 0 Å². The van der Waals surface area contributed by atoms with Gasteiger partial charge in [-0.25, -0.2) is 12.7 Å². The van der Waals surface area contributed by atoms with Crippen molar-refractivity contribution in [2.75, 3.05) is 18.8 Å². The first-order valence-electron chi connectivity index (χ1n) is 11.9. The summed E-state index contributed by atoms with van der Waals surface area (Å²) in [5.74, 6) is 0.350. The number of amides is 1. The number of aromatic amines is 1. The minimum Gasteiger partial charge on any atom is -0.489 e. The predicted octanol–water partition coefficient (Wildman–Crippen LogP) is 4.53. The number of hydrogen-bond acceptors (Lipinski definition) is 4. The minimum atomic E-state index is -3.18. The topological polar surface area (TPSA) is 105 Å². The standard InChI is InChI=1S/C27H29N3O4S/c1-2-35(32,33)30-11-9-20(10-12-30)25-16-29-26-23(25)14-22(15-24(26)27(28)31)34-17-18-7-8-19-5-3-4-6-21(19)13-18/h3-8,13-16,20,29H,2,9-12,17H2,1H3,(H2,28,31). The summed E-state index contributed by atoms with van der Waals surface area (Å²) in [5.41, 5.74) is 8.86. The number of ether oxygens (including phenoxy) is 1. The first-order chi connectivity index (χ1) is 16.9. The molecule has 1 amide bonds. The number of carbonyl (C=O) groups is 1. The molecule has 1 fully saturated rings. The van der Waals surface area contributed by atoms with Gasteiger partial charge in [0.15, 0.2) is 0 Å². The largest absolute Gasteiger partial charge is 0.489 e. The lowest BCUT2D eigenvalue weighted by Crippen LogP contribution is -2.38. The predicted molar refractivity (Wildman–Crippen MR) is 138 cm³/mol. The van der Waals surface area contributed by atoms with Gasteiger partial charge in [0.1, 0.15) is 12.4 Å². The molecule has 0 spiro atoms. The van der Waals surface area contributed by atoms with Gasteiger partial charge in [-0.2, -0.15) is 0 Å². The number of H-pyrrole nitrogens is 1. The second-order valence-corrected chi connectivity index (χ2v) is 11.3. The van der Waals surface area contributed by atoms with Gasteiger partial charge in [0.2, 0.25) is 10.0 Å². The van der Waals surface area contributed by atoms with E-state index in [4.69, 9.17) is 10.5 Å². The third-order valence-corrected chi connectivity index (χ3v) is 8.81. The molecule has 8 heteroatoms. The van der Waals surface area contributed by atoms with Crippen molar-refractivity contribution in [1.29, 1.82) is 0 Å². The molecule has 2 heterocycles. The molecular weight excluding hydrogens is 462 g/mol. The first kappa shape index (κ1) is 23.4. The van der Waals surface area contributed by atoms with E-state index in [-0.39, 0.29) is 11.7 Å². The molecule has 3 N–H and O–H groups in total. The van der Waals surface area contributed by atoms with E-state index in [1.54, 1.807) is 17.3 Å². The summed E-state index contributed by atoms with van der Waals surface area (Å²) in [6.45, 7) is 3.02. The molecule has 0 aliphatic carbocycles. The monoisotopic (exact) mass is 491 g/mol. The molecule has 35 heavy (non-hydrogen) atoms. The molecule has 1 saturated heterocycles. The fourth-order valence-corrected chi connectivity index (χ4v) is 6.10. The number of nitrogens with zero attached hydrogens (tertiary/aromatic N) is 1. The molecule has 0 saturated carbocycles. The highest BCUT2D eigenvalue weighted by atomic mass is 32.2. The van der Waals surface area contributed by atoms with Gasteiger partial charge >= 0.3 is 0 Å². The molecule has 4 aromatic rings. The summed E-state index contributed by atoms with van der Waals surface area (Å²) < 4.78 is 32.2. The summed E-state index contributed by atoms with van der Waals surface area (Å²) in [4.78, 5) is 15.5. The number of sulfonamides is 1. The SMILES string of the molecule is CCS(=O)(=O)N1CCC(c2c[nH]c3c(C(N)=O)cc(OCc4ccc5ccccc5c4)cc23)CC1. The van der Waals surface area contributed by atoms with Crippen LogP contribution in [0.5, 0.6) is 5.75 Å². The van der Waals surface area contributed by atoms with Gasteiger partial charge in [-0.1, -0.05) is 36.4 Å². The number of aromatic nitrogens is 1. The Hall–Kier alpha value is -3.36. The van der Waals surface area contributed by atoms with Gasteiger partial charge in [-0.05, 0) is 65.8 Å². The molecule has 0 unspecified atom stereocenters. The Bertz CT molecular complexity index is 1500. The molecule has 182 valence electrons. The zero-order valence-electron chi connectivity index (χ0n) is 19.7. The van der Waals surface area contributed by atoms with Crippen LogP contribution in [0.3, 0.4) is 0 Å². The van der Waals surface area contributed by atoms with Crippen molar-refractivity contribution in [3.63, 3.8) is 0 Å². The van der Waals surface area contributed by atoms with Crippen LogP contribution in [0.25, 0.3) is 21.7 Å². The molecule has 5 rings (SSSR count). The van der Waals surface area contributed by atoms with E-state index in [9.17, 15) is 13.2 Å². The van der Waals surface area contributed by atoms with Gasteiger partial charge in [-0.3, -0.25) is 4.79 Å². The molecule has 0 atom stereocenters. The van der Waals surface area contributed by atoms with Crippen molar-refractivity contribution in [1.82, 2.24) is 9.29 Å². The van der Waals surface area contributed by atoms with Gasteiger partial charge in [0.25, 0.3) is 5.91 Å². The van der Waals surface area contributed by atoms with E-state index in [0.29, 0.717) is 36.5 Å². The highest BCUT2D eigenvalue weighted by Gasteiger charge is 2.29. The maximum absolute atomic E-state index is 12.2. The molecule has 3 aromatic carbocycles. The van der Waals surface area contributed by atoms with E-state index in [2.05, 4.69) is 29.2 Å². The zero-order valence-corrected chi connectivity index (χ0v) is 20.5. The van der Waals surface area contributed by atoms with Crippen LogP contribution in [0.1, 0.15) is 47.2 Å². The normalized spacial score (nSPS) is 15.6. The quantitative estimate of drug-likeness (QED) is 0.396. The van der Waals surface area contributed by atoms with Crippen LogP contribution in [0, 0.1) is 0 Å². The average Bonchev–Trinajstić information content (AvgIpc) is 3.30. The lowest BCUT2D eigenvalue weighted by Gasteiger charge is -2.31. The van der Waals surface area contributed by atoms with Crippen molar-refractivity contribution in [2.45, 2.75) is 32.3 Å². The molecular formula is C27H29N3O4S. The number of rotatable bonds is 7. The van der Waals surface area contributed by atoms with E-state index >= 15 is 0 Å². The summed E-state index contributed by atoms with van der Waals surface area (Å²) in [6, 6.07) is 18.0. The maximum Gasteiger partial charge on any atom is 0.250 e. The van der Waals surface area contributed by atoms with Crippen LogP contribution < -0.4 is 10.5 Å². The summed E-state index contributed by atoms with van der Waals surface area (Å²) in [6.07, 6.45) is 3.36. The Balaban J connectivity index is 1.41. The Labute approximate surface area is 204 Å². The Kier molecular flexibility index (Phi) is 6.25. The third-order valence-electron chi connectivity index (χ3n) is 6.93. The van der Waals surface area contributed by atoms with Crippen LogP contribution in [0.4, 0.5) is 0 Å². The fourth-order valence-electron chi connectivity index (χ4n) is 4.96. The Morgan fingerprint density at radius 1 is 1.09 bits per heavy atom. The molecule has 1 aliphatic rings. The molecule has 0 bridgehead atoms. The molecule has 1 aliphatic heterocycles. The smallest absolute Gasteiger partial charge is 0.250 e. The second-order valence-electron chi connectivity index (χ2n) is 9.05. The van der Waals surface area contributed by atoms with Crippen molar-refractivity contribution in [2.24, 2.45) is 5.73 Å². The van der Waals surface area contributed by atoms with Crippen molar-refractivity contribution >= 4 is 37.6 Å². The number of carbonyl (C=O) groups excluding carboxylic acids is 1. The molecule has 7 nitrogen and oxygen atoms in total. The van der Waals surface area contributed by atoms with Gasteiger partial charge < -0.3 is 15.5 Å². The minimum absolute atomic E-state index is 0.116. The van der Waals surface area contributed by atoms with Gasteiger partial charge in [0, 0.05) is 24.7 Å². The van der Waals surface area contributed by atoms with Gasteiger partial charge in [0.05, 0.1) is 16.8 Å². The third kappa shape index (κ3) is 4.63. The summed E-state index contributed by atoms with van der Waals surface area (Å²) in [7, 11) is -3.18. The van der Waals surface area contributed by atoms with Crippen LogP contribution in [0.2, 0.25) is 0 Å². The van der Waals surface area contributed by atoms with Crippen molar-refractivity contribution < 1.29 is 17.9 Å². The Morgan fingerprint density at radius 2 is 1.83 bits per heavy atom. The fraction of sp³-hybridized carbons (Fsp3) is 0.296. The average molecular weight is 492 g/mol.